The Bertz CT molecular complexity index is 1450. The average Bonchev–Trinajstić information content (AvgIpc) is 3.20. The summed E-state index contributed by atoms with van der Waals surface area (Å²) in [7, 11) is 0. The molecule has 0 aromatic heterocycles. The predicted molar refractivity (Wildman–Crippen MR) is 148 cm³/mol. The van der Waals surface area contributed by atoms with Crippen LogP contribution in [0.3, 0.4) is 0 Å². The zero-order chi connectivity index (χ0) is 27.6. The number of ether oxygens (including phenoxy) is 1. The Morgan fingerprint density at radius 1 is 0.872 bits per heavy atom. The molecule has 0 spiro atoms. The Morgan fingerprint density at radius 2 is 1.36 bits per heavy atom. The van der Waals surface area contributed by atoms with Crippen LogP contribution in [0.5, 0.6) is 0 Å². The van der Waals surface area contributed by atoms with Gasteiger partial charge in [0, 0.05) is 22.0 Å². The largest absolute Gasteiger partial charge is 0.454 e. The number of nitrogens with zero attached hydrogens (tertiary/aromatic N) is 1. The Kier molecular flexibility index (Phi) is 6.18. The molecule has 3 aliphatic carbocycles. The maximum atomic E-state index is 13.8. The molecule has 1 aliphatic heterocycles. The highest BCUT2D eigenvalue weighted by molar-refractivity contribution is 9.10. The van der Waals surface area contributed by atoms with Gasteiger partial charge in [-0.15, -0.1) is 0 Å². The van der Waals surface area contributed by atoms with Gasteiger partial charge in [0.05, 0.1) is 11.8 Å². The molecule has 8 heteroatoms. The molecule has 1 N–H and O–H groups in total. The van der Waals surface area contributed by atoms with Crippen molar-refractivity contribution in [2.24, 2.45) is 11.8 Å². The molecule has 0 radical (unpaired) electrons. The van der Waals surface area contributed by atoms with Crippen molar-refractivity contribution in [2.75, 3.05) is 11.9 Å². The Morgan fingerprint density at radius 3 is 1.85 bits per heavy atom. The second-order valence-corrected chi connectivity index (χ2v) is 11.4. The normalized spacial score (nSPS) is 23.1. The van der Waals surface area contributed by atoms with Gasteiger partial charge in [-0.25, -0.2) is 4.79 Å². The highest BCUT2D eigenvalue weighted by atomic mass is 79.9. The van der Waals surface area contributed by atoms with Crippen molar-refractivity contribution in [3.05, 3.63) is 98.5 Å². The molecule has 2 bridgehead atoms. The third kappa shape index (κ3) is 3.92. The smallest absolute Gasteiger partial charge is 0.329 e. The molecule has 0 unspecified atom stereocenters. The zero-order valence-electron chi connectivity index (χ0n) is 21.7. The number of hydrogen-bond donors (Lipinski definition) is 1. The first-order valence-corrected chi connectivity index (χ1v) is 13.8. The van der Waals surface area contributed by atoms with Gasteiger partial charge >= 0.3 is 5.97 Å². The third-order valence-electron chi connectivity index (χ3n) is 8.34. The van der Waals surface area contributed by atoms with Crippen LogP contribution < -0.4 is 5.32 Å². The second-order valence-electron chi connectivity index (χ2n) is 10.6. The summed E-state index contributed by atoms with van der Waals surface area (Å²) in [5.41, 5.74) is 6.69. The van der Waals surface area contributed by atoms with Gasteiger partial charge in [-0.3, -0.25) is 19.3 Å². The molecular formula is C31H27BrN2O5. The molecule has 3 aromatic rings. The monoisotopic (exact) mass is 586 g/mol. The summed E-state index contributed by atoms with van der Waals surface area (Å²) >= 11 is 3.46. The molecule has 198 valence electrons. The number of halogens is 1. The molecule has 1 fully saturated rings. The highest BCUT2D eigenvalue weighted by Gasteiger charge is 2.62. The van der Waals surface area contributed by atoms with Gasteiger partial charge in [-0.2, -0.15) is 0 Å². The predicted octanol–water partition coefficient (Wildman–Crippen LogP) is 4.83. The number of likely N-dealkylation sites (tertiary alicyclic amines) is 1. The zero-order valence-corrected chi connectivity index (χ0v) is 23.3. The molecule has 1 saturated heterocycles. The number of amides is 3. The number of aryl methyl sites for hydroxylation is 2. The van der Waals surface area contributed by atoms with Crippen molar-refractivity contribution in [3.8, 4) is 0 Å². The molecule has 4 aliphatic rings. The van der Waals surface area contributed by atoms with Crippen molar-refractivity contribution in [1.82, 2.24) is 4.90 Å². The minimum atomic E-state index is -1.15. The van der Waals surface area contributed by atoms with E-state index in [-0.39, 0.29) is 23.7 Å². The van der Waals surface area contributed by atoms with Gasteiger partial charge < -0.3 is 10.1 Å². The molecule has 0 saturated carbocycles. The number of nitrogens with one attached hydrogen (secondary N) is 1. The van der Waals surface area contributed by atoms with Gasteiger partial charge in [-0.05, 0) is 66.3 Å². The van der Waals surface area contributed by atoms with Crippen molar-refractivity contribution in [1.29, 1.82) is 0 Å². The maximum absolute atomic E-state index is 13.8. The van der Waals surface area contributed by atoms with E-state index >= 15 is 0 Å². The molecule has 3 amide bonds. The quantitative estimate of drug-likeness (QED) is 0.341. The second kappa shape index (κ2) is 9.45. The number of esters is 1. The number of anilines is 1. The van der Waals surface area contributed by atoms with Gasteiger partial charge in [0.2, 0.25) is 11.8 Å². The van der Waals surface area contributed by atoms with Crippen molar-refractivity contribution < 1.29 is 23.9 Å². The summed E-state index contributed by atoms with van der Waals surface area (Å²) < 4.78 is 6.21. The summed E-state index contributed by atoms with van der Waals surface area (Å²) in [6.45, 7) is 4.73. The summed E-state index contributed by atoms with van der Waals surface area (Å²) in [6, 6.07) is 18.5. The Balaban J connectivity index is 1.20. The number of rotatable bonds is 5. The molecule has 7 rings (SSSR count). The van der Waals surface area contributed by atoms with E-state index in [0.29, 0.717) is 5.69 Å². The first-order valence-electron chi connectivity index (χ1n) is 13.0. The first kappa shape index (κ1) is 25.5. The van der Waals surface area contributed by atoms with Crippen LogP contribution in [-0.4, -0.2) is 41.2 Å². The summed E-state index contributed by atoms with van der Waals surface area (Å²) in [5.74, 6) is -3.67. The Hall–Kier alpha value is -3.78. The van der Waals surface area contributed by atoms with E-state index in [2.05, 4.69) is 21.2 Å². The summed E-state index contributed by atoms with van der Waals surface area (Å²) in [4.78, 5) is 54.2. The lowest BCUT2D eigenvalue weighted by atomic mass is 9.55. The average molecular weight is 587 g/mol. The molecule has 7 nitrogen and oxygen atoms in total. The maximum Gasteiger partial charge on any atom is 0.329 e. The molecule has 3 aromatic carbocycles. The van der Waals surface area contributed by atoms with Gasteiger partial charge in [0.1, 0.15) is 6.04 Å². The van der Waals surface area contributed by atoms with E-state index in [0.717, 1.165) is 42.8 Å². The molecule has 1 heterocycles. The van der Waals surface area contributed by atoms with Crippen LogP contribution in [0.1, 0.15) is 52.1 Å². The lowest BCUT2D eigenvalue weighted by molar-refractivity contribution is -0.159. The van der Waals surface area contributed by atoms with Crippen LogP contribution in [0, 0.1) is 25.7 Å². The lowest BCUT2D eigenvalue weighted by Crippen LogP contribution is -2.45. The highest BCUT2D eigenvalue weighted by Crippen LogP contribution is 2.61. The minimum Gasteiger partial charge on any atom is -0.454 e. The van der Waals surface area contributed by atoms with Crippen LogP contribution in [-0.2, 0) is 23.9 Å². The Labute approximate surface area is 234 Å². The fourth-order valence-corrected chi connectivity index (χ4v) is 7.00. The van der Waals surface area contributed by atoms with Crippen molar-refractivity contribution in [3.63, 3.8) is 0 Å². The minimum absolute atomic E-state index is 0.250. The standard InChI is InChI=1S/C31H27BrN2O5/c1-15-13-23(16(2)12-22(15)32)33-24(35)14-39-31(38)17(3)34-29(36)27-25-18-8-4-5-9-19(18)26(28(27)30(34)37)21-11-7-6-10-20(21)25/h4-13,17,25-28H,14H2,1-3H3,(H,33,35)/t17-,25?,26?,27-,28+/m1/s1. The first-order chi connectivity index (χ1) is 18.7. The van der Waals surface area contributed by atoms with Crippen LogP contribution >= 0.6 is 15.9 Å². The van der Waals surface area contributed by atoms with Crippen LogP contribution in [0.15, 0.2) is 65.1 Å². The summed E-state index contributed by atoms with van der Waals surface area (Å²) in [5, 5.41) is 2.76. The van der Waals surface area contributed by atoms with Gasteiger partial charge in [-0.1, -0.05) is 64.5 Å². The molecular weight excluding hydrogens is 560 g/mol. The SMILES string of the molecule is Cc1cc(NC(=O)COC(=O)[C@@H](C)N2C(=O)[C@@H]3C4c5ccccc5C(c5ccccc54)[C@@H]3C2=O)c(C)cc1Br. The number of carbonyl (C=O) groups is 4. The fourth-order valence-electron chi connectivity index (χ4n) is 6.55. The topological polar surface area (TPSA) is 92.8 Å². The van der Waals surface area contributed by atoms with E-state index in [1.807, 2.05) is 74.5 Å². The number of benzene rings is 3. The van der Waals surface area contributed by atoms with Crippen LogP contribution in [0.25, 0.3) is 0 Å². The van der Waals surface area contributed by atoms with E-state index in [1.165, 1.54) is 6.92 Å². The van der Waals surface area contributed by atoms with E-state index in [4.69, 9.17) is 4.74 Å². The molecule has 39 heavy (non-hydrogen) atoms. The van der Waals surface area contributed by atoms with Crippen molar-refractivity contribution in [2.45, 2.75) is 38.6 Å². The summed E-state index contributed by atoms with van der Waals surface area (Å²) in [6.07, 6.45) is 0. The van der Waals surface area contributed by atoms with E-state index < -0.39 is 36.4 Å². The molecule has 3 atom stereocenters. The third-order valence-corrected chi connectivity index (χ3v) is 9.19. The van der Waals surface area contributed by atoms with E-state index in [9.17, 15) is 19.2 Å². The lowest BCUT2D eigenvalue weighted by Gasteiger charge is -2.45. The van der Waals surface area contributed by atoms with Gasteiger partial charge in [0.15, 0.2) is 6.61 Å². The number of carbonyl (C=O) groups excluding carboxylic acids is 4. The number of imide groups is 1. The number of hydrogen-bond acceptors (Lipinski definition) is 5. The fraction of sp³-hybridized carbons (Fsp3) is 0.290. The van der Waals surface area contributed by atoms with E-state index in [1.54, 1.807) is 0 Å². The van der Waals surface area contributed by atoms with Crippen LogP contribution in [0.2, 0.25) is 0 Å². The van der Waals surface area contributed by atoms with Crippen LogP contribution in [0.4, 0.5) is 5.69 Å². The van der Waals surface area contributed by atoms with Gasteiger partial charge in [0.25, 0.3) is 5.91 Å². The van der Waals surface area contributed by atoms with Crippen molar-refractivity contribution >= 4 is 45.3 Å².